The summed E-state index contributed by atoms with van der Waals surface area (Å²) in [5.41, 5.74) is -4.40. The highest BCUT2D eigenvalue weighted by molar-refractivity contribution is 6.45. The van der Waals surface area contributed by atoms with Gasteiger partial charge in [-0.3, -0.25) is 4.79 Å². The molecule has 320 valence electrons. The van der Waals surface area contributed by atoms with Gasteiger partial charge in [0.05, 0.1) is 74.3 Å². The van der Waals surface area contributed by atoms with Crippen LogP contribution in [0.15, 0.2) is 11.6 Å². The van der Waals surface area contributed by atoms with Gasteiger partial charge in [0.2, 0.25) is 0 Å². The molecule has 19 heteroatoms. The Kier molecular flexibility index (Phi) is 13.6. The van der Waals surface area contributed by atoms with Gasteiger partial charge in [-0.2, -0.15) is 0 Å². The Morgan fingerprint density at radius 3 is 2.00 bits per heavy atom. The van der Waals surface area contributed by atoms with Crippen LogP contribution < -0.4 is 0 Å². The van der Waals surface area contributed by atoms with Crippen LogP contribution in [0.5, 0.6) is 0 Å². The molecule has 13 nitrogen and oxygen atoms in total. The molecule has 5 aliphatic carbocycles. The predicted octanol–water partition coefficient (Wildman–Crippen LogP) is 2.70. The smallest absolute Gasteiger partial charge is 0.331 e. The number of hydrogen-bond acceptors (Lipinski definition) is 13. The van der Waals surface area contributed by atoms with E-state index in [-0.39, 0.29) is 38.2 Å². The van der Waals surface area contributed by atoms with Gasteiger partial charge in [0.15, 0.2) is 6.29 Å². The summed E-state index contributed by atoms with van der Waals surface area (Å²) >= 11 is 35.3. The van der Waals surface area contributed by atoms with Gasteiger partial charge < -0.3 is 54.7 Å². The number of aliphatic hydroxyl groups is 7. The highest BCUT2D eigenvalue weighted by atomic mass is 35.5. The van der Waals surface area contributed by atoms with Crippen molar-refractivity contribution in [3.8, 4) is 0 Å². The molecule has 6 fully saturated rings. The standard InChI is InChI=1S/C31H46O13.C6H6Cl6/c1-14-24(37)25(38)26(39)27(42-14)43-17-9-21(35)30(13-32)23-19(4-6-29(30,40)10-17)31(44-15(2)33)7-5-18(16-8-22(36)41-12-16)28(31,3)11-20(23)34;7-1-2(8)4(10)6(12)5(11)3(1)9/h8,14,17-21,23-27,32,34-35,37-40H,4-7,9-13H2,1-3H3;1-6H/t14-,17-,18+,19+,20+,21+,23+,24-,25+,26+,27-,28+,29-,30+,31-;1-,2-,3-,4+,5+,6+/m0./s1. The van der Waals surface area contributed by atoms with E-state index in [1.54, 1.807) is 0 Å². The molecule has 0 aromatic carbocycles. The molecule has 15 atom stereocenters. The number of carbonyl (C=O) groups excluding carboxylic acids is 2. The van der Waals surface area contributed by atoms with Crippen molar-refractivity contribution in [2.75, 3.05) is 13.2 Å². The molecule has 2 heterocycles. The molecule has 0 spiro atoms. The van der Waals surface area contributed by atoms with E-state index < -0.39 is 134 Å². The first-order valence-corrected chi connectivity index (χ1v) is 21.7. The summed E-state index contributed by atoms with van der Waals surface area (Å²) in [5, 5.41) is 75.4. The fourth-order valence-electron chi connectivity index (χ4n) is 11.6. The largest absolute Gasteiger partial charge is 0.458 e. The highest BCUT2D eigenvalue weighted by Gasteiger charge is 2.77. The second-order valence-corrected chi connectivity index (χ2v) is 20.1. The summed E-state index contributed by atoms with van der Waals surface area (Å²) in [4.78, 5) is 24.7. The minimum absolute atomic E-state index is 0.0625. The normalized spacial score (nSPS) is 54.0. The summed E-state index contributed by atoms with van der Waals surface area (Å²) in [6, 6.07) is 0. The molecule has 0 aromatic rings. The Labute approximate surface area is 355 Å². The van der Waals surface area contributed by atoms with E-state index in [0.29, 0.717) is 19.3 Å². The maximum absolute atomic E-state index is 12.7. The molecular formula is C37H52Cl6O13. The number of fused-ring (bicyclic) bond motifs is 5. The van der Waals surface area contributed by atoms with Crippen LogP contribution in [0, 0.1) is 28.6 Å². The molecular weight excluding hydrogens is 865 g/mol. The molecule has 7 N–H and O–H groups in total. The van der Waals surface area contributed by atoms with Crippen molar-refractivity contribution in [2.24, 2.45) is 28.6 Å². The third-order valence-electron chi connectivity index (χ3n) is 14.3. The monoisotopic (exact) mass is 914 g/mol. The van der Waals surface area contributed by atoms with Crippen LogP contribution in [0.25, 0.3) is 0 Å². The zero-order chi connectivity index (χ0) is 41.4. The molecule has 0 bridgehead atoms. The molecule has 0 aromatic heterocycles. The Morgan fingerprint density at radius 1 is 0.893 bits per heavy atom. The molecule has 7 rings (SSSR count). The van der Waals surface area contributed by atoms with Crippen LogP contribution in [-0.4, -0.2) is 153 Å². The van der Waals surface area contributed by atoms with E-state index in [0.717, 1.165) is 5.57 Å². The van der Waals surface area contributed by atoms with Gasteiger partial charge in [0.1, 0.15) is 30.5 Å². The molecule has 0 radical (unpaired) electrons. The van der Waals surface area contributed by atoms with Gasteiger partial charge in [0, 0.05) is 43.1 Å². The minimum atomic E-state index is -1.72. The molecule has 2 aliphatic heterocycles. The molecule has 5 saturated carbocycles. The Bertz CT molecular complexity index is 1460. The highest BCUT2D eigenvalue weighted by Crippen LogP contribution is 2.72. The van der Waals surface area contributed by atoms with Crippen molar-refractivity contribution in [3.05, 3.63) is 11.6 Å². The third-order valence-corrected chi connectivity index (χ3v) is 18.3. The lowest BCUT2D eigenvalue weighted by atomic mass is 9.40. The predicted molar refractivity (Wildman–Crippen MR) is 206 cm³/mol. The quantitative estimate of drug-likeness (QED) is 0.120. The molecule has 0 amide bonds. The first-order valence-electron chi connectivity index (χ1n) is 19.1. The second-order valence-electron chi connectivity index (χ2n) is 17.1. The van der Waals surface area contributed by atoms with E-state index in [9.17, 15) is 45.3 Å². The van der Waals surface area contributed by atoms with Crippen LogP contribution in [-0.2, 0) is 28.5 Å². The number of rotatable bonds is 5. The first kappa shape index (κ1) is 45.6. The second kappa shape index (κ2) is 16.7. The van der Waals surface area contributed by atoms with Crippen molar-refractivity contribution >= 4 is 81.5 Å². The molecule has 0 unspecified atom stereocenters. The number of carbonyl (C=O) groups is 2. The number of ether oxygens (including phenoxy) is 4. The summed E-state index contributed by atoms with van der Waals surface area (Å²) in [5.74, 6) is -2.51. The molecule has 1 saturated heterocycles. The Hall–Kier alpha value is 0.0600. The van der Waals surface area contributed by atoms with E-state index in [1.807, 2.05) is 6.92 Å². The van der Waals surface area contributed by atoms with Crippen molar-refractivity contribution in [2.45, 2.75) is 158 Å². The lowest BCUT2D eigenvalue weighted by molar-refractivity contribution is -0.342. The summed E-state index contributed by atoms with van der Waals surface area (Å²) < 4.78 is 23.1. The van der Waals surface area contributed by atoms with Gasteiger partial charge in [-0.1, -0.05) is 6.92 Å². The van der Waals surface area contributed by atoms with E-state index >= 15 is 0 Å². The van der Waals surface area contributed by atoms with Crippen LogP contribution >= 0.6 is 69.6 Å². The van der Waals surface area contributed by atoms with E-state index in [4.69, 9.17) is 88.6 Å². The van der Waals surface area contributed by atoms with Gasteiger partial charge in [-0.05, 0) is 50.5 Å². The Balaban J connectivity index is 0.000000380. The van der Waals surface area contributed by atoms with E-state index in [2.05, 4.69) is 0 Å². The lowest BCUT2D eigenvalue weighted by Crippen LogP contribution is -2.76. The third kappa shape index (κ3) is 7.23. The summed E-state index contributed by atoms with van der Waals surface area (Å²) in [6.45, 7) is 4.31. The fraction of sp³-hybridized carbons (Fsp3) is 0.892. The minimum Gasteiger partial charge on any atom is -0.458 e. The van der Waals surface area contributed by atoms with Crippen molar-refractivity contribution in [1.29, 1.82) is 0 Å². The summed E-state index contributed by atoms with van der Waals surface area (Å²) in [7, 11) is 0. The van der Waals surface area contributed by atoms with Crippen LogP contribution in [0.1, 0.15) is 65.7 Å². The average molecular weight is 918 g/mol. The number of halogens is 6. The van der Waals surface area contributed by atoms with Crippen molar-refractivity contribution in [3.63, 3.8) is 0 Å². The van der Waals surface area contributed by atoms with Crippen LogP contribution in [0.2, 0.25) is 0 Å². The number of esters is 2. The maximum Gasteiger partial charge on any atom is 0.331 e. The van der Waals surface area contributed by atoms with Crippen molar-refractivity contribution < 1.29 is 64.3 Å². The van der Waals surface area contributed by atoms with Crippen LogP contribution in [0.3, 0.4) is 0 Å². The zero-order valence-electron chi connectivity index (χ0n) is 31.1. The van der Waals surface area contributed by atoms with Gasteiger partial charge in [-0.15, -0.1) is 69.6 Å². The number of hydrogen-bond donors (Lipinski definition) is 7. The topological polar surface area (TPSA) is 213 Å². The van der Waals surface area contributed by atoms with Gasteiger partial charge >= 0.3 is 11.9 Å². The zero-order valence-corrected chi connectivity index (χ0v) is 35.6. The number of cyclic esters (lactones) is 1. The van der Waals surface area contributed by atoms with Crippen LogP contribution in [0.4, 0.5) is 0 Å². The number of aliphatic hydroxyl groups excluding tert-OH is 6. The van der Waals surface area contributed by atoms with Gasteiger partial charge in [-0.25, -0.2) is 4.79 Å². The fourth-order valence-corrected chi connectivity index (χ4v) is 13.9. The lowest BCUT2D eigenvalue weighted by Gasteiger charge is -2.69. The average Bonchev–Trinajstić information content (AvgIpc) is 3.69. The van der Waals surface area contributed by atoms with Crippen molar-refractivity contribution in [1.82, 2.24) is 0 Å². The maximum atomic E-state index is 12.7. The SMILES string of the molecule is CC(=O)O[C@]12CC[C@H](C3=CC(=O)OC3)[C@@]1(C)C[C@@H](O)[C@H]1[C@H]2CC[C@]2(O)C[C@@H](O[C@@H]3O[C@@H](C)[C@H](O)[C@@H](O)[C@H]3O)C[C@@H](O)[C@]12CO.Cl[C@H]1[C@H](Cl)[C@@H](Cl)[C@@H](Cl)[C@H](Cl)[C@H]1Cl. The van der Waals surface area contributed by atoms with E-state index in [1.165, 1.54) is 19.9 Å². The van der Waals surface area contributed by atoms with Gasteiger partial charge in [0.25, 0.3) is 0 Å². The molecule has 56 heavy (non-hydrogen) atoms. The molecule has 7 aliphatic rings. The summed E-state index contributed by atoms with van der Waals surface area (Å²) in [6.07, 6.45) is -6.98. The number of alkyl halides is 6. The first-order chi connectivity index (χ1) is 26.1. The Morgan fingerprint density at radius 2 is 1.48 bits per heavy atom.